The molecule has 10 heteroatoms. The van der Waals surface area contributed by atoms with Crippen LogP contribution < -0.4 is 4.74 Å². The number of aliphatic hydroxyl groups is 4. The summed E-state index contributed by atoms with van der Waals surface area (Å²) in [6.07, 6.45) is -0.720. The quantitative estimate of drug-likeness (QED) is 0.183. The fraction of sp³-hybridized carbons (Fsp3) is 0.421. The molecule has 0 bridgehead atoms. The first-order chi connectivity index (χ1) is 13.5. The summed E-state index contributed by atoms with van der Waals surface area (Å²) in [5, 5.41) is 51.8. The van der Waals surface area contributed by atoms with Crippen LogP contribution in [-0.4, -0.2) is 74.5 Å². The summed E-state index contributed by atoms with van der Waals surface area (Å²) in [4.78, 5) is 34.5. The molecule has 0 spiro atoms. The number of hydrogen-bond donors (Lipinski definition) is 6. The van der Waals surface area contributed by atoms with Gasteiger partial charge in [0.1, 0.15) is 11.9 Å². The van der Waals surface area contributed by atoms with Crippen LogP contribution >= 0.6 is 0 Å². The van der Waals surface area contributed by atoms with E-state index in [1.54, 1.807) is 6.92 Å². The molecule has 0 amide bonds. The Balaban J connectivity index is 0.00000113. The Morgan fingerprint density at radius 3 is 1.93 bits per heavy atom. The monoisotopic (exact) mass is 414 g/mol. The Bertz CT molecular complexity index is 750. The van der Waals surface area contributed by atoms with Gasteiger partial charge in [-0.3, -0.25) is 0 Å². The molecule has 1 aromatic carbocycles. The molecule has 6 N–H and O–H groups in total. The molecule has 10 nitrogen and oxygen atoms in total. The van der Waals surface area contributed by atoms with Crippen molar-refractivity contribution in [3.8, 4) is 5.75 Å². The molecule has 0 aliphatic heterocycles. The lowest BCUT2D eigenvalue weighted by Crippen LogP contribution is -2.18. The molecule has 0 saturated carbocycles. The Morgan fingerprint density at radius 2 is 1.62 bits per heavy atom. The lowest BCUT2D eigenvalue weighted by Gasteiger charge is -2.17. The topological polar surface area (TPSA) is 182 Å². The average Bonchev–Trinajstić information content (AvgIpc) is 2.67. The predicted molar refractivity (Wildman–Crippen MR) is 101 cm³/mol. The summed E-state index contributed by atoms with van der Waals surface area (Å²) in [6, 6.07) is 1.02. The van der Waals surface area contributed by atoms with Gasteiger partial charge in [-0.2, -0.15) is 0 Å². The minimum Gasteiger partial charge on any atom is -0.478 e. The van der Waals surface area contributed by atoms with Crippen LogP contribution in [0.15, 0.2) is 18.2 Å². The third-order valence-electron chi connectivity index (χ3n) is 3.64. The number of benzene rings is 1. The molecule has 0 aromatic heterocycles. The molecule has 0 fully saturated rings. The molecule has 0 unspecified atom stereocenters. The van der Waals surface area contributed by atoms with E-state index in [0.717, 1.165) is 6.07 Å². The van der Waals surface area contributed by atoms with Crippen LogP contribution in [0.2, 0.25) is 0 Å². The lowest BCUT2D eigenvalue weighted by molar-refractivity contribution is -0.130. The first kappa shape index (κ1) is 26.2. The number of ether oxygens (including phenoxy) is 1. The van der Waals surface area contributed by atoms with Crippen LogP contribution in [0.25, 0.3) is 0 Å². The summed E-state index contributed by atoms with van der Waals surface area (Å²) >= 11 is 0. The molecule has 0 aliphatic rings. The third kappa shape index (κ3) is 7.62. The number of carbonyl (C=O) groups excluding carboxylic acids is 1. The maximum Gasteiger partial charge on any atom is 0.338 e. The van der Waals surface area contributed by atoms with Crippen molar-refractivity contribution in [1.82, 2.24) is 0 Å². The van der Waals surface area contributed by atoms with Crippen molar-refractivity contribution in [2.45, 2.75) is 32.8 Å². The Morgan fingerprint density at radius 1 is 1.07 bits per heavy atom. The number of rotatable bonds is 9. The van der Waals surface area contributed by atoms with Crippen LogP contribution in [0.1, 0.15) is 45.7 Å². The summed E-state index contributed by atoms with van der Waals surface area (Å²) in [7, 11) is 0. The van der Waals surface area contributed by atoms with Gasteiger partial charge in [0, 0.05) is 12.2 Å². The van der Waals surface area contributed by atoms with Gasteiger partial charge in [0.15, 0.2) is 0 Å². The highest BCUT2D eigenvalue weighted by Gasteiger charge is 2.26. The van der Waals surface area contributed by atoms with E-state index in [1.807, 2.05) is 0 Å². The highest BCUT2D eigenvalue weighted by atomic mass is 16.5. The summed E-state index contributed by atoms with van der Waals surface area (Å²) < 4.78 is 5.13. The molecular weight excluding hydrogens is 388 g/mol. The van der Waals surface area contributed by atoms with E-state index < -0.39 is 35.1 Å². The Labute approximate surface area is 167 Å². The van der Waals surface area contributed by atoms with Gasteiger partial charge in [-0.05, 0) is 37.0 Å². The van der Waals surface area contributed by atoms with E-state index >= 15 is 0 Å². The second-order valence-corrected chi connectivity index (χ2v) is 5.88. The second kappa shape index (κ2) is 12.6. The first-order valence-electron chi connectivity index (χ1n) is 8.59. The minimum absolute atomic E-state index is 0.0358. The first-order valence-corrected chi connectivity index (χ1v) is 8.59. The Kier molecular flexibility index (Phi) is 11.4. The molecule has 0 atom stereocenters. The predicted octanol–water partition coefficient (Wildman–Crippen LogP) is -0.00640. The van der Waals surface area contributed by atoms with Crippen LogP contribution in [-0.2, 0) is 17.6 Å². The zero-order chi connectivity index (χ0) is 22.7. The number of hydrogen-bond acceptors (Lipinski definition) is 8. The van der Waals surface area contributed by atoms with Gasteiger partial charge in [-0.1, -0.05) is 13.5 Å². The average molecular weight is 414 g/mol. The molecule has 0 aliphatic carbocycles. The van der Waals surface area contributed by atoms with Gasteiger partial charge in [-0.15, -0.1) is 0 Å². The smallest absolute Gasteiger partial charge is 0.338 e. The van der Waals surface area contributed by atoms with Crippen LogP contribution in [0.5, 0.6) is 5.75 Å². The fourth-order valence-electron chi connectivity index (χ4n) is 2.28. The highest BCUT2D eigenvalue weighted by molar-refractivity contribution is 6.04. The van der Waals surface area contributed by atoms with Gasteiger partial charge in [0.2, 0.25) is 0 Å². The number of carboxylic acids is 2. The van der Waals surface area contributed by atoms with E-state index in [0.29, 0.717) is 12.0 Å². The normalized spacial score (nSPS) is 10.2. The number of carboxylic acid groups (broad SMARTS) is 2. The largest absolute Gasteiger partial charge is 0.478 e. The van der Waals surface area contributed by atoms with E-state index in [4.69, 9.17) is 20.1 Å². The van der Waals surface area contributed by atoms with Gasteiger partial charge < -0.3 is 35.4 Å². The van der Waals surface area contributed by atoms with Crippen molar-refractivity contribution < 1.29 is 49.8 Å². The van der Waals surface area contributed by atoms with E-state index in [1.165, 1.54) is 6.92 Å². The third-order valence-corrected chi connectivity index (χ3v) is 3.64. The van der Waals surface area contributed by atoms with Crippen LogP contribution in [0, 0.1) is 0 Å². The fourth-order valence-corrected chi connectivity index (χ4v) is 2.28. The number of aromatic carboxylic acids is 2. The van der Waals surface area contributed by atoms with Crippen molar-refractivity contribution in [3.05, 3.63) is 40.5 Å². The Hall–Kier alpha value is -2.79. The SMILES string of the molecule is C=C(C)C(=O)Oc1cc(C(=O)O)c(C(=O)O)c(CCO)c1CC.OCC(O)CO. The zero-order valence-corrected chi connectivity index (χ0v) is 16.2. The second-order valence-electron chi connectivity index (χ2n) is 5.88. The van der Waals surface area contributed by atoms with Crippen molar-refractivity contribution in [2.24, 2.45) is 0 Å². The molecule has 29 heavy (non-hydrogen) atoms. The summed E-state index contributed by atoms with van der Waals surface area (Å²) in [6.45, 7) is 5.49. The molecule has 162 valence electrons. The van der Waals surface area contributed by atoms with Crippen molar-refractivity contribution >= 4 is 17.9 Å². The lowest BCUT2D eigenvalue weighted by atomic mass is 9.91. The van der Waals surface area contributed by atoms with Crippen LogP contribution in [0.4, 0.5) is 0 Å². The van der Waals surface area contributed by atoms with Crippen molar-refractivity contribution in [3.63, 3.8) is 0 Å². The van der Waals surface area contributed by atoms with E-state index in [9.17, 15) is 29.7 Å². The number of esters is 1. The molecule has 0 heterocycles. The molecule has 1 rings (SSSR count). The van der Waals surface area contributed by atoms with Gasteiger partial charge >= 0.3 is 17.9 Å². The molecular formula is C19H26O10. The molecule has 0 radical (unpaired) electrons. The van der Waals surface area contributed by atoms with Gasteiger partial charge in [0.25, 0.3) is 0 Å². The minimum atomic E-state index is -1.46. The number of aliphatic hydroxyl groups excluding tert-OH is 4. The summed E-state index contributed by atoms with van der Waals surface area (Å²) in [5.41, 5.74) is -0.265. The van der Waals surface area contributed by atoms with Crippen molar-refractivity contribution in [1.29, 1.82) is 0 Å². The van der Waals surface area contributed by atoms with Crippen LogP contribution in [0.3, 0.4) is 0 Å². The van der Waals surface area contributed by atoms with Gasteiger partial charge in [0.05, 0.1) is 24.3 Å². The molecule has 1 aromatic rings. The van der Waals surface area contributed by atoms with Gasteiger partial charge in [-0.25, -0.2) is 14.4 Å². The van der Waals surface area contributed by atoms with E-state index in [2.05, 4.69) is 6.58 Å². The zero-order valence-electron chi connectivity index (χ0n) is 16.2. The van der Waals surface area contributed by atoms with Crippen molar-refractivity contribution in [2.75, 3.05) is 19.8 Å². The van der Waals surface area contributed by atoms with E-state index in [-0.39, 0.29) is 43.1 Å². The summed E-state index contributed by atoms with van der Waals surface area (Å²) in [5.74, 6) is -3.66. The maximum absolute atomic E-state index is 11.7. The highest BCUT2D eigenvalue weighted by Crippen LogP contribution is 2.31. The maximum atomic E-state index is 11.7. The number of carbonyl (C=O) groups is 3. The standard InChI is InChI=1S/C16H18O7.C3H8O3/c1-4-9-10(5-6-17)13(15(20)21)11(14(18)19)7-12(9)23-16(22)8(2)3;4-1-3(6)2-5/h7,17H,2,4-6H2,1,3H3,(H,18,19)(H,20,21);3-6H,1-2H2. The molecule has 0 saturated heterocycles.